The second-order valence-electron chi connectivity index (χ2n) is 3.35. The van der Waals surface area contributed by atoms with Crippen LogP contribution in [0.3, 0.4) is 0 Å². The Bertz CT molecular complexity index is 647. The highest BCUT2D eigenvalue weighted by Gasteiger charge is 2.08. The molecule has 0 aliphatic heterocycles. The minimum Gasteiger partial charge on any atom is -0.382 e. The molecule has 0 unspecified atom stereocenters. The van der Waals surface area contributed by atoms with Crippen LogP contribution in [0.4, 0.5) is 5.82 Å². The molecule has 1 aromatic carbocycles. The Morgan fingerprint density at radius 3 is 2.94 bits per heavy atom. The van der Waals surface area contributed by atoms with Crippen molar-refractivity contribution in [2.45, 2.75) is 0 Å². The number of nitrogens with zero attached hydrogens (tertiary/aromatic N) is 3. The maximum absolute atomic E-state index is 5.60. The van der Waals surface area contributed by atoms with Gasteiger partial charge in [0.2, 0.25) is 0 Å². The molecular weight excluding hydrogens is 220 g/mol. The van der Waals surface area contributed by atoms with Crippen molar-refractivity contribution in [3.8, 4) is 11.4 Å². The van der Waals surface area contributed by atoms with Crippen LogP contribution in [-0.2, 0) is 0 Å². The van der Waals surface area contributed by atoms with Crippen molar-refractivity contribution in [2.24, 2.45) is 0 Å². The van der Waals surface area contributed by atoms with E-state index in [1.54, 1.807) is 11.3 Å². The van der Waals surface area contributed by atoms with Crippen LogP contribution in [0.25, 0.3) is 21.5 Å². The van der Waals surface area contributed by atoms with Gasteiger partial charge in [-0.05, 0) is 6.07 Å². The van der Waals surface area contributed by atoms with Crippen LogP contribution in [0.1, 0.15) is 0 Å². The quantitative estimate of drug-likeness (QED) is 0.694. The fourth-order valence-electron chi connectivity index (χ4n) is 1.58. The van der Waals surface area contributed by atoms with Crippen molar-refractivity contribution in [3.63, 3.8) is 0 Å². The number of nitrogens with two attached hydrogens (primary N) is 1. The van der Waals surface area contributed by atoms with Gasteiger partial charge in [0.15, 0.2) is 5.82 Å². The van der Waals surface area contributed by atoms with E-state index in [2.05, 4.69) is 21.2 Å². The molecule has 0 saturated carbocycles. The molecule has 2 N–H and O–H groups in total. The third-order valence-electron chi connectivity index (χ3n) is 2.30. The zero-order valence-electron chi connectivity index (χ0n) is 8.29. The van der Waals surface area contributed by atoms with Gasteiger partial charge in [0.05, 0.1) is 6.20 Å². The number of anilines is 1. The van der Waals surface area contributed by atoms with Gasteiger partial charge in [-0.3, -0.25) is 0 Å². The molecule has 0 atom stereocenters. The maximum Gasteiger partial charge on any atom is 0.185 e. The molecule has 0 aliphatic carbocycles. The van der Waals surface area contributed by atoms with E-state index in [4.69, 9.17) is 5.73 Å². The molecule has 0 fully saturated rings. The normalized spacial score (nSPS) is 10.8. The summed E-state index contributed by atoms with van der Waals surface area (Å²) < 4.78 is 1.21. The minimum atomic E-state index is 0.389. The number of benzene rings is 1. The number of thiophene rings is 1. The Morgan fingerprint density at radius 1 is 1.19 bits per heavy atom. The molecule has 3 rings (SSSR count). The Hall–Kier alpha value is -2.01. The Morgan fingerprint density at radius 2 is 2.06 bits per heavy atom. The van der Waals surface area contributed by atoms with E-state index in [1.807, 2.05) is 23.6 Å². The van der Waals surface area contributed by atoms with Crippen molar-refractivity contribution in [1.82, 2.24) is 15.2 Å². The van der Waals surface area contributed by atoms with Gasteiger partial charge >= 0.3 is 0 Å². The number of rotatable bonds is 1. The molecule has 78 valence electrons. The van der Waals surface area contributed by atoms with Gasteiger partial charge in [0.25, 0.3) is 0 Å². The lowest BCUT2D eigenvalue weighted by Gasteiger charge is -1.97. The lowest BCUT2D eigenvalue weighted by Crippen LogP contribution is -1.96. The van der Waals surface area contributed by atoms with E-state index in [-0.39, 0.29) is 0 Å². The van der Waals surface area contributed by atoms with Gasteiger partial charge < -0.3 is 5.73 Å². The molecule has 16 heavy (non-hydrogen) atoms. The molecule has 3 aromatic rings. The number of hydrogen-bond donors (Lipinski definition) is 1. The summed E-state index contributed by atoms with van der Waals surface area (Å²) in [6.45, 7) is 0. The first-order valence-corrected chi connectivity index (χ1v) is 5.64. The van der Waals surface area contributed by atoms with Crippen LogP contribution in [0.15, 0.2) is 35.8 Å². The van der Waals surface area contributed by atoms with Gasteiger partial charge in [0, 0.05) is 21.0 Å². The molecule has 0 amide bonds. The monoisotopic (exact) mass is 228 g/mol. The fourth-order valence-corrected chi connectivity index (χ4v) is 2.52. The maximum atomic E-state index is 5.60. The molecule has 5 heteroatoms. The largest absolute Gasteiger partial charge is 0.382 e. The third-order valence-corrected chi connectivity index (χ3v) is 3.26. The van der Waals surface area contributed by atoms with E-state index in [0.29, 0.717) is 11.6 Å². The molecule has 0 bridgehead atoms. The van der Waals surface area contributed by atoms with Crippen molar-refractivity contribution in [1.29, 1.82) is 0 Å². The first kappa shape index (κ1) is 9.23. The van der Waals surface area contributed by atoms with Crippen LogP contribution in [-0.4, -0.2) is 15.2 Å². The summed E-state index contributed by atoms with van der Waals surface area (Å²) in [6, 6.07) is 8.14. The zero-order valence-corrected chi connectivity index (χ0v) is 9.11. The van der Waals surface area contributed by atoms with Crippen molar-refractivity contribution in [3.05, 3.63) is 35.8 Å². The van der Waals surface area contributed by atoms with Crippen LogP contribution < -0.4 is 5.73 Å². The standard InChI is InChI=1S/C11H8N4S/c12-10-5-13-15-11(14-10)8-6-16-9-4-2-1-3-7(8)9/h1-6H,(H2,12,14,15). The third kappa shape index (κ3) is 1.42. The van der Waals surface area contributed by atoms with E-state index in [0.717, 1.165) is 10.9 Å². The highest BCUT2D eigenvalue weighted by atomic mass is 32.1. The Balaban J connectivity index is 2.26. The lowest BCUT2D eigenvalue weighted by atomic mass is 10.2. The molecular formula is C11H8N4S. The van der Waals surface area contributed by atoms with Crippen molar-refractivity contribution >= 4 is 27.2 Å². The molecule has 2 aromatic heterocycles. The SMILES string of the molecule is Nc1cnnc(-c2csc3ccccc23)n1. The zero-order chi connectivity index (χ0) is 11.0. The average Bonchev–Trinajstić information content (AvgIpc) is 2.72. The van der Waals surface area contributed by atoms with Gasteiger partial charge in [0.1, 0.15) is 5.82 Å². The summed E-state index contributed by atoms with van der Waals surface area (Å²) in [4.78, 5) is 4.18. The van der Waals surface area contributed by atoms with E-state index in [9.17, 15) is 0 Å². The Labute approximate surface area is 95.8 Å². The summed E-state index contributed by atoms with van der Waals surface area (Å²) in [5, 5.41) is 11.0. The molecule has 0 saturated heterocycles. The first-order valence-electron chi connectivity index (χ1n) is 4.76. The van der Waals surface area contributed by atoms with E-state index < -0.39 is 0 Å². The molecule has 0 spiro atoms. The van der Waals surface area contributed by atoms with Gasteiger partial charge in [-0.25, -0.2) is 4.98 Å². The summed E-state index contributed by atoms with van der Waals surface area (Å²) in [5.74, 6) is 0.970. The lowest BCUT2D eigenvalue weighted by molar-refractivity contribution is 0.989. The molecule has 0 aliphatic rings. The first-order chi connectivity index (χ1) is 7.84. The summed E-state index contributed by atoms with van der Waals surface area (Å²) >= 11 is 1.67. The predicted molar refractivity (Wildman–Crippen MR) is 65.1 cm³/mol. The van der Waals surface area contributed by atoms with Gasteiger partial charge in [-0.2, -0.15) is 5.10 Å². The van der Waals surface area contributed by atoms with Crippen molar-refractivity contribution < 1.29 is 0 Å². The number of fused-ring (bicyclic) bond motifs is 1. The highest BCUT2D eigenvalue weighted by molar-refractivity contribution is 7.17. The highest BCUT2D eigenvalue weighted by Crippen LogP contribution is 2.31. The van der Waals surface area contributed by atoms with Crippen LogP contribution in [0.2, 0.25) is 0 Å². The van der Waals surface area contributed by atoms with Crippen LogP contribution in [0, 0.1) is 0 Å². The Kier molecular flexibility index (Phi) is 2.04. The van der Waals surface area contributed by atoms with E-state index in [1.165, 1.54) is 10.9 Å². The summed E-state index contributed by atoms with van der Waals surface area (Å²) in [7, 11) is 0. The molecule has 4 nitrogen and oxygen atoms in total. The number of nitrogen functional groups attached to an aromatic ring is 1. The second-order valence-corrected chi connectivity index (χ2v) is 4.26. The smallest absolute Gasteiger partial charge is 0.185 e. The summed E-state index contributed by atoms with van der Waals surface area (Å²) in [5.41, 5.74) is 6.59. The number of hydrogen-bond acceptors (Lipinski definition) is 5. The minimum absolute atomic E-state index is 0.389. The fraction of sp³-hybridized carbons (Fsp3) is 0. The van der Waals surface area contributed by atoms with Gasteiger partial charge in [-0.1, -0.05) is 18.2 Å². The van der Waals surface area contributed by atoms with Gasteiger partial charge in [-0.15, -0.1) is 16.4 Å². The van der Waals surface area contributed by atoms with Crippen LogP contribution in [0.5, 0.6) is 0 Å². The summed E-state index contributed by atoms with van der Waals surface area (Å²) in [6.07, 6.45) is 1.44. The predicted octanol–water partition coefficient (Wildman–Crippen LogP) is 2.34. The van der Waals surface area contributed by atoms with E-state index >= 15 is 0 Å². The second kappa shape index (κ2) is 3.53. The van der Waals surface area contributed by atoms with Crippen molar-refractivity contribution in [2.75, 3.05) is 5.73 Å². The van der Waals surface area contributed by atoms with Crippen LogP contribution >= 0.6 is 11.3 Å². The molecule has 0 radical (unpaired) electrons. The molecule has 2 heterocycles. The average molecular weight is 228 g/mol. The number of aromatic nitrogens is 3. The topological polar surface area (TPSA) is 64.7 Å².